The van der Waals surface area contributed by atoms with Crippen molar-refractivity contribution in [2.24, 2.45) is 0 Å². The Kier molecular flexibility index (Phi) is 4.58. The molecule has 1 aliphatic heterocycles. The molecule has 28 heavy (non-hydrogen) atoms. The lowest BCUT2D eigenvalue weighted by atomic mass is 10.1. The van der Waals surface area contributed by atoms with Crippen LogP contribution in [0.4, 0.5) is 5.95 Å². The molecule has 3 heterocycles. The van der Waals surface area contributed by atoms with Crippen LogP contribution in [0.5, 0.6) is 0 Å². The predicted octanol–water partition coefficient (Wildman–Crippen LogP) is 3.69. The standard InChI is InChI=1S/C20H24N6OS/c1-13(17-21-16-8-4-3-7-15(16)18(27)22-17)28-20-24-23-19(26(20)14-9-10-14)25-11-5-2-6-12-25/h3-4,7-8,13-14H,2,5-6,9-12H2,1H3,(H,21,22,27). The number of rotatable bonds is 5. The third-order valence-corrected chi connectivity index (χ3v) is 6.56. The lowest BCUT2D eigenvalue weighted by Gasteiger charge is -2.28. The van der Waals surface area contributed by atoms with E-state index in [0.29, 0.717) is 17.3 Å². The van der Waals surface area contributed by atoms with Gasteiger partial charge < -0.3 is 9.88 Å². The molecule has 0 spiro atoms. The number of thioether (sulfide) groups is 1. The summed E-state index contributed by atoms with van der Waals surface area (Å²) < 4.78 is 2.31. The van der Waals surface area contributed by atoms with Crippen molar-refractivity contribution in [1.82, 2.24) is 24.7 Å². The number of H-pyrrole nitrogens is 1. The number of para-hydroxylation sites is 1. The number of nitrogens with one attached hydrogen (secondary N) is 1. The number of piperidine rings is 1. The number of hydrogen-bond acceptors (Lipinski definition) is 6. The van der Waals surface area contributed by atoms with Gasteiger partial charge in [0.15, 0.2) is 5.16 Å². The number of hydrogen-bond donors (Lipinski definition) is 1. The minimum atomic E-state index is -0.0919. The maximum Gasteiger partial charge on any atom is 0.258 e. The summed E-state index contributed by atoms with van der Waals surface area (Å²) in [6, 6.07) is 7.96. The molecule has 1 saturated heterocycles. The highest BCUT2D eigenvalue weighted by Gasteiger charge is 2.32. The van der Waals surface area contributed by atoms with E-state index in [1.807, 2.05) is 18.2 Å². The molecular formula is C20H24N6OS. The molecule has 1 N–H and O–H groups in total. The molecule has 3 aromatic rings. The maximum absolute atomic E-state index is 12.4. The van der Waals surface area contributed by atoms with E-state index < -0.39 is 0 Å². The molecule has 1 aliphatic carbocycles. The van der Waals surface area contributed by atoms with Crippen LogP contribution in [0.1, 0.15) is 56.1 Å². The van der Waals surface area contributed by atoms with Crippen LogP contribution in [0.3, 0.4) is 0 Å². The van der Waals surface area contributed by atoms with Crippen molar-refractivity contribution in [2.45, 2.75) is 55.5 Å². The van der Waals surface area contributed by atoms with E-state index in [2.05, 4.69) is 36.6 Å². The summed E-state index contributed by atoms with van der Waals surface area (Å²) in [5.74, 6) is 1.69. The van der Waals surface area contributed by atoms with Gasteiger partial charge in [0.05, 0.1) is 16.2 Å². The van der Waals surface area contributed by atoms with E-state index in [9.17, 15) is 4.79 Å². The average Bonchev–Trinajstić information content (AvgIpc) is 3.48. The van der Waals surface area contributed by atoms with E-state index >= 15 is 0 Å². The van der Waals surface area contributed by atoms with Gasteiger partial charge >= 0.3 is 0 Å². The smallest absolute Gasteiger partial charge is 0.258 e. The zero-order valence-corrected chi connectivity index (χ0v) is 16.8. The second-order valence-corrected chi connectivity index (χ2v) is 8.97. The van der Waals surface area contributed by atoms with Crippen molar-refractivity contribution in [2.75, 3.05) is 18.0 Å². The van der Waals surface area contributed by atoms with Crippen LogP contribution in [0.15, 0.2) is 34.2 Å². The summed E-state index contributed by atoms with van der Waals surface area (Å²) in [5, 5.41) is 10.6. The van der Waals surface area contributed by atoms with Crippen LogP contribution in [-0.4, -0.2) is 37.8 Å². The minimum absolute atomic E-state index is 0.0202. The Hall–Kier alpha value is -2.35. The molecule has 2 fully saturated rings. The first-order valence-corrected chi connectivity index (χ1v) is 10.9. The van der Waals surface area contributed by atoms with Gasteiger partial charge in [-0.3, -0.25) is 9.36 Å². The second kappa shape index (κ2) is 7.24. The molecule has 1 unspecified atom stereocenters. The van der Waals surface area contributed by atoms with E-state index in [4.69, 9.17) is 0 Å². The molecular weight excluding hydrogens is 372 g/mol. The molecule has 2 aromatic heterocycles. The number of anilines is 1. The zero-order chi connectivity index (χ0) is 19.1. The minimum Gasteiger partial charge on any atom is -0.341 e. The van der Waals surface area contributed by atoms with Crippen LogP contribution in [0.2, 0.25) is 0 Å². The highest BCUT2D eigenvalue weighted by atomic mass is 32.2. The molecule has 0 amide bonds. The Morgan fingerprint density at radius 3 is 2.71 bits per heavy atom. The molecule has 0 radical (unpaired) electrons. The molecule has 1 saturated carbocycles. The normalized spacial score (nSPS) is 18.5. The average molecular weight is 397 g/mol. The summed E-state index contributed by atoms with van der Waals surface area (Å²) in [5.41, 5.74) is 0.636. The predicted molar refractivity (Wildman–Crippen MR) is 111 cm³/mol. The molecule has 5 rings (SSSR count). The highest BCUT2D eigenvalue weighted by molar-refractivity contribution is 7.99. The van der Waals surface area contributed by atoms with Crippen LogP contribution in [-0.2, 0) is 0 Å². The van der Waals surface area contributed by atoms with Gasteiger partial charge in [0.1, 0.15) is 5.82 Å². The monoisotopic (exact) mass is 396 g/mol. The molecule has 1 atom stereocenters. The van der Waals surface area contributed by atoms with Gasteiger partial charge in [0, 0.05) is 19.1 Å². The summed E-state index contributed by atoms with van der Waals surface area (Å²) in [6.45, 7) is 4.18. The van der Waals surface area contributed by atoms with E-state index in [1.165, 1.54) is 32.1 Å². The van der Waals surface area contributed by atoms with Crippen molar-refractivity contribution in [3.05, 3.63) is 40.4 Å². The lowest BCUT2D eigenvalue weighted by Crippen LogP contribution is -2.31. The van der Waals surface area contributed by atoms with Gasteiger partial charge in [-0.1, -0.05) is 23.9 Å². The summed E-state index contributed by atoms with van der Waals surface area (Å²) >= 11 is 1.62. The Morgan fingerprint density at radius 2 is 1.93 bits per heavy atom. The van der Waals surface area contributed by atoms with Gasteiger partial charge in [-0.25, -0.2) is 4.98 Å². The molecule has 146 valence electrons. The topological polar surface area (TPSA) is 79.7 Å². The number of benzene rings is 1. The van der Waals surface area contributed by atoms with E-state index in [0.717, 1.165) is 29.7 Å². The highest BCUT2D eigenvalue weighted by Crippen LogP contribution is 2.43. The SMILES string of the molecule is CC(Sc1nnc(N2CCCCC2)n1C1CC1)c1nc2ccccc2c(=O)[nH]1. The Balaban J connectivity index is 1.44. The quantitative estimate of drug-likeness (QED) is 0.663. The fourth-order valence-corrected chi connectivity index (χ4v) is 4.79. The van der Waals surface area contributed by atoms with Gasteiger partial charge in [0.2, 0.25) is 5.95 Å². The van der Waals surface area contributed by atoms with Gasteiger partial charge in [0.25, 0.3) is 5.56 Å². The number of aromatic nitrogens is 5. The molecule has 8 heteroatoms. The third-order valence-electron chi connectivity index (χ3n) is 5.50. The van der Waals surface area contributed by atoms with E-state index in [1.54, 1.807) is 17.8 Å². The van der Waals surface area contributed by atoms with Gasteiger partial charge in [-0.15, -0.1) is 10.2 Å². The fraction of sp³-hybridized carbons (Fsp3) is 0.500. The lowest BCUT2D eigenvalue weighted by molar-refractivity contribution is 0.548. The summed E-state index contributed by atoms with van der Waals surface area (Å²) in [4.78, 5) is 22.4. The van der Waals surface area contributed by atoms with Crippen molar-refractivity contribution in [3.63, 3.8) is 0 Å². The van der Waals surface area contributed by atoms with Crippen LogP contribution in [0.25, 0.3) is 10.9 Å². The third kappa shape index (κ3) is 3.30. The first kappa shape index (κ1) is 17.7. The van der Waals surface area contributed by atoms with Crippen LogP contribution < -0.4 is 10.5 Å². The number of aromatic amines is 1. The Labute approximate surface area is 167 Å². The number of fused-ring (bicyclic) bond motifs is 1. The summed E-state index contributed by atoms with van der Waals surface area (Å²) in [7, 11) is 0. The maximum atomic E-state index is 12.4. The molecule has 2 aliphatic rings. The molecule has 7 nitrogen and oxygen atoms in total. The van der Waals surface area contributed by atoms with Crippen molar-refractivity contribution in [1.29, 1.82) is 0 Å². The Bertz CT molecular complexity index is 1050. The van der Waals surface area contributed by atoms with Crippen LogP contribution in [0, 0.1) is 0 Å². The van der Waals surface area contributed by atoms with Crippen molar-refractivity contribution < 1.29 is 0 Å². The first-order valence-electron chi connectivity index (χ1n) is 10.1. The fourth-order valence-electron chi connectivity index (χ4n) is 3.82. The van der Waals surface area contributed by atoms with Crippen LogP contribution >= 0.6 is 11.8 Å². The van der Waals surface area contributed by atoms with Crippen molar-refractivity contribution >= 4 is 28.6 Å². The van der Waals surface area contributed by atoms with E-state index in [-0.39, 0.29) is 10.8 Å². The van der Waals surface area contributed by atoms with Gasteiger partial charge in [-0.2, -0.15) is 0 Å². The molecule has 1 aromatic carbocycles. The second-order valence-electron chi connectivity index (χ2n) is 7.66. The van der Waals surface area contributed by atoms with Gasteiger partial charge in [-0.05, 0) is 51.2 Å². The van der Waals surface area contributed by atoms with Crippen molar-refractivity contribution in [3.8, 4) is 0 Å². The zero-order valence-electron chi connectivity index (χ0n) is 16.0. The first-order chi connectivity index (χ1) is 13.7. The largest absolute Gasteiger partial charge is 0.341 e. The summed E-state index contributed by atoms with van der Waals surface area (Å²) in [6.07, 6.45) is 6.11. The molecule has 0 bridgehead atoms. The number of nitrogens with zero attached hydrogens (tertiary/aromatic N) is 5. The Morgan fingerprint density at radius 1 is 1.14 bits per heavy atom.